The zero-order valence-corrected chi connectivity index (χ0v) is 8.89. The minimum Gasteiger partial charge on any atom is -1.00 e. The van der Waals surface area contributed by atoms with Crippen molar-refractivity contribution in [3.63, 3.8) is 0 Å². The second-order valence-electron chi connectivity index (χ2n) is 1.90. The average molecular weight is 205 g/mol. The topological polar surface area (TPSA) is 74.6 Å². The smallest absolute Gasteiger partial charge is 1.00 e. The van der Waals surface area contributed by atoms with Gasteiger partial charge in [0.1, 0.15) is 0 Å². The molecule has 0 radical (unpaired) electrons. The molecule has 0 fully saturated rings. The predicted molar refractivity (Wildman–Crippen MR) is 49.8 cm³/mol. The van der Waals surface area contributed by atoms with Crippen molar-refractivity contribution in [3.8, 4) is 0 Å². The van der Waals surface area contributed by atoms with Crippen molar-refractivity contribution < 1.29 is 22.7 Å². The van der Waals surface area contributed by atoms with Gasteiger partial charge in [0.15, 0.2) is 0 Å². The van der Waals surface area contributed by atoms with E-state index >= 15 is 0 Å². The number of carbonyl (C=O) groups is 2. The Morgan fingerprint density at radius 3 is 1.67 bits per heavy atom. The molecule has 0 spiro atoms. The predicted octanol–water partition coefficient (Wildman–Crippen LogP) is 0.513. The second kappa shape index (κ2) is 9.15. The van der Waals surface area contributed by atoms with Crippen LogP contribution < -0.4 is 0 Å². The van der Waals surface area contributed by atoms with Crippen LogP contribution in [0.2, 0.25) is 0 Å². The Hall–Kier alpha value is 0.0562. The Labute approximate surface area is 93.8 Å². The van der Waals surface area contributed by atoms with Gasteiger partial charge in [0.2, 0.25) is 0 Å². The van der Waals surface area contributed by atoms with Gasteiger partial charge in [-0.25, -0.2) is 0 Å². The molecule has 2 N–H and O–H groups in total. The van der Waals surface area contributed by atoms with Crippen LogP contribution >= 0.6 is 11.8 Å². The molecular weight excluding hydrogens is 192 g/mol. The Bertz CT molecular complexity index is 143. The molecule has 4 nitrogen and oxygen atoms in total. The molecule has 0 rings (SSSR count). The Morgan fingerprint density at radius 2 is 1.42 bits per heavy atom. The maximum atomic E-state index is 9.97. The maximum absolute atomic E-state index is 9.97. The van der Waals surface area contributed by atoms with Gasteiger partial charge in [0.05, 0.1) is 12.8 Å². The molecular formula is C6H12MgO4S. The van der Waals surface area contributed by atoms with E-state index in [2.05, 4.69) is 0 Å². The quantitative estimate of drug-likeness (QED) is 0.487. The molecule has 0 aliphatic heterocycles. The van der Waals surface area contributed by atoms with E-state index in [1.54, 1.807) is 0 Å². The first-order valence-corrected chi connectivity index (χ1v) is 4.29. The van der Waals surface area contributed by atoms with Gasteiger partial charge < -0.3 is 13.1 Å². The zero-order chi connectivity index (χ0) is 8.69. The molecule has 6 heteroatoms. The SMILES string of the molecule is O=C(O)CCSCCC(=O)O.[H-].[H-].[Mg+2]. The standard InChI is InChI=1S/C6H10O4S.Mg.2H/c7-5(8)1-3-11-4-2-6(9)10;;;/h1-4H2,(H,7,8)(H,9,10);;;/q;+2;2*-1. The number of aliphatic carboxylic acids is 2. The van der Waals surface area contributed by atoms with Gasteiger partial charge in [-0.1, -0.05) is 0 Å². The number of rotatable bonds is 6. The van der Waals surface area contributed by atoms with E-state index in [1.165, 1.54) is 11.8 Å². The van der Waals surface area contributed by atoms with Crippen LogP contribution in [-0.4, -0.2) is 56.7 Å². The fourth-order valence-electron chi connectivity index (χ4n) is 0.421. The molecule has 0 saturated heterocycles. The summed E-state index contributed by atoms with van der Waals surface area (Å²) in [7, 11) is 0. The molecule has 12 heavy (non-hydrogen) atoms. The third kappa shape index (κ3) is 12.7. The van der Waals surface area contributed by atoms with Gasteiger partial charge in [-0.2, -0.15) is 11.8 Å². The van der Waals surface area contributed by atoms with Crippen LogP contribution in [0.5, 0.6) is 0 Å². The summed E-state index contributed by atoms with van der Waals surface area (Å²) < 4.78 is 0. The van der Waals surface area contributed by atoms with Crippen molar-refractivity contribution in [2.24, 2.45) is 0 Å². The molecule has 0 unspecified atom stereocenters. The van der Waals surface area contributed by atoms with Gasteiger partial charge in [0, 0.05) is 11.5 Å². The monoisotopic (exact) mass is 204 g/mol. The first-order valence-electron chi connectivity index (χ1n) is 3.14. The van der Waals surface area contributed by atoms with Crippen LogP contribution in [-0.2, 0) is 9.59 Å². The third-order valence-corrected chi connectivity index (χ3v) is 1.91. The van der Waals surface area contributed by atoms with Gasteiger partial charge in [0.25, 0.3) is 0 Å². The molecule has 0 bridgehead atoms. The van der Waals surface area contributed by atoms with Crippen molar-refractivity contribution in [1.29, 1.82) is 0 Å². The van der Waals surface area contributed by atoms with E-state index in [0.29, 0.717) is 11.5 Å². The molecule has 0 saturated carbocycles. The molecule has 0 atom stereocenters. The van der Waals surface area contributed by atoms with Gasteiger partial charge in [-0.05, 0) is 0 Å². The van der Waals surface area contributed by atoms with E-state index in [-0.39, 0.29) is 38.7 Å². The fourth-order valence-corrected chi connectivity index (χ4v) is 1.26. The van der Waals surface area contributed by atoms with Gasteiger partial charge in [-0.3, -0.25) is 9.59 Å². The van der Waals surface area contributed by atoms with Gasteiger partial charge in [-0.15, -0.1) is 0 Å². The molecule has 0 heterocycles. The third-order valence-electron chi connectivity index (χ3n) is 0.921. The van der Waals surface area contributed by atoms with Crippen molar-refractivity contribution in [2.45, 2.75) is 12.8 Å². The normalized spacial score (nSPS) is 8.67. The summed E-state index contributed by atoms with van der Waals surface area (Å²) >= 11 is 1.35. The average Bonchev–Trinajstić information content (AvgIpc) is 1.85. The number of carboxylic acid groups (broad SMARTS) is 2. The van der Waals surface area contributed by atoms with Crippen LogP contribution in [0.4, 0.5) is 0 Å². The van der Waals surface area contributed by atoms with Crippen molar-refractivity contribution in [1.82, 2.24) is 0 Å². The van der Waals surface area contributed by atoms with Crippen LogP contribution in [0.3, 0.4) is 0 Å². The summed E-state index contributed by atoms with van der Waals surface area (Å²) in [6.45, 7) is 0. The molecule has 0 aromatic heterocycles. The number of carboxylic acids is 2. The number of hydrogen-bond acceptors (Lipinski definition) is 3. The first kappa shape index (κ1) is 14.6. The van der Waals surface area contributed by atoms with Crippen molar-refractivity contribution in [3.05, 3.63) is 0 Å². The zero-order valence-electron chi connectivity index (χ0n) is 8.65. The number of thioether (sulfide) groups is 1. The van der Waals surface area contributed by atoms with E-state index in [4.69, 9.17) is 10.2 Å². The summed E-state index contributed by atoms with van der Waals surface area (Å²) in [5.74, 6) is -0.703. The van der Waals surface area contributed by atoms with E-state index < -0.39 is 11.9 Å². The second-order valence-corrected chi connectivity index (χ2v) is 3.12. The van der Waals surface area contributed by atoms with E-state index in [0.717, 1.165) is 0 Å². The summed E-state index contributed by atoms with van der Waals surface area (Å²) in [5.41, 5.74) is 0. The minimum absolute atomic E-state index is 0. The summed E-state index contributed by atoms with van der Waals surface area (Å²) in [4.78, 5) is 19.9. The van der Waals surface area contributed by atoms with Crippen LogP contribution in [0.25, 0.3) is 0 Å². The number of hydrogen-bond donors (Lipinski definition) is 2. The van der Waals surface area contributed by atoms with Crippen molar-refractivity contribution >= 4 is 46.8 Å². The van der Waals surface area contributed by atoms with Crippen LogP contribution in [0.1, 0.15) is 15.7 Å². The first-order chi connectivity index (χ1) is 5.13. The van der Waals surface area contributed by atoms with E-state index in [1.807, 2.05) is 0 Å². The van der Waals surface area contributed by atoms with E-state index in [9.17, 15) is 9.59 Å². The summed E-state index contributed by atoms with van der Waals surface area (Å²) in [6.07, 6.45) is 0.203. The Kier molecular flexibility index (Phi) is 11.1. The molecule has 0 aromatic rings. The summed E-state index contributed by atoms with van der Waals surface area (Å²) in [6, 6.07) is 0. The molecule has 0 aliphatic carbocycles. The van der Waals surface area contributed by atoms with Crippen molar-refractivity contribution in [2.75, 3.05) is 11.5 Å². The molecule has 0 aliphatic rings. The molecule has 68 valence electrons. The summed E-state index contributed by atoms with van der Waals surface area (Å²) in [5, 5.41) is 16.4. The van der Waals surface area contributed by atoms with Crippen LogP contribution in [0, 0.1) is 0 Å². The Balaban J connectivity index is -0.000000167. The minimum atomic E-state index is -0.840. The molecule has 0 amide bonds. The van der Waals surface area contributed by atoms with Gasteiger partial charge >= 0.3 is 35.0 Å². The Morgan fingerprint density at radius 1 is 1.08 bits per heavy atom. The van der Waals surface area contributed by atoms with Crippen LogP contribution in [0.15, 0.2) is 0 Å². The maximum Gasteiger partial charge on any atom is 2.00 e. The largest absolute Gasteiger partial charge is 2.00 e. The molecule has 0 aromatic carbocycles. The fraction of sp³-hybridized carbons (Fsp3) is 0.667.